The summed E-state index contributed by atoms with van der Waals surface area (Å²) in [6.07, 6.45) is 0.535. The Balaban J connectivity index is 1.80. The third kappa shape index (κ3) is 5.11. The van der Waals surface area contributed by atoms with Crippen molar-refractivity contribution < 1.29 is 23.9 Å². The van der Waals surface area contributed by atoms with Crippen LogP contribution in [0.15, 0.2) is 24.3 Å². The van der Waals surface area contributed by atoms with Gasteiger partial charge in [-0.15, -0.1) is 0 Å². The second kappa shape index (κ2) is 9.63. The van der Waals surface area contributed by atoms with Crippen LogP contribution < -0.4 is 0 Å². The highest BCUT2D eigenvalue weighted by atomic mass is 79.9. The quantitative estimate of drug-likeness (QED) is 0.412. The minimum atomic E-state index is -0.516. The fourth-order valence-corrected chi connectivity index (χ4v) is 4.58. The maximum absolute atomic E-state index is 12.2. The molecule has 2 saturated heterocycles. The molecule has 7 nitrogen and oxygen atoms in total. The third-order valence-electron chi connectivity index (χ3n) is 5.58. The second-order valence-electron chi connectivity index (χ2n) is 7.51. The minimum absolute atomic E-state index is 0.000652. The summed E-state index contributed by atoms with van der Waals surface area (Å²) >= 11 is 3.53. The van der Waals surface area contributed by atoms with Gasteiger partial charge in [-0.1, -0.05) is 40.2 Å². The molecule has 0 aliphatic carbocycles. The molecule has 0 spiro atoms. The molecule has 0 N–H and O–H groups in total. The van der Waals surface area contributed by atoms with E-state index in [9.17, 15) is 19.2 Å². The maximum atomic E-state index is 12.2. The maximum Gasteiger partial charge on any atom is 0.232 e. The van der Waals surface area contributed by atoms with Gasteiger partial charge < -0.3 is 14.5 Å². The number of ketones is 2. The number of Topliss-reactive ketones (excluding diaryl/α,β-unsaturated/α-hetero) is 2. The third-order valence-corrected chi connectivity index (χ3v) is 6.18. The van der Waals surface area contributed by atoms with Crippen molar-refractivity contribution in [2.24, 2.45) is 0 Å². The number of carbonyl (C=O) groups excluding carboxylic acids is 4. The van der Waals surface area contributed by atoms with Gasteiger partial charge in [-0.05, 0) is 29.9 Å². The highest BCUT2D eigenvalue weighted by Crippen LogP contribution is 2.32. The zero-order valence-corrected chi connectivity index (χ0v) is 18.0. The van der Waals surface area contributed by atoms with Crippen molar-refractivity contribution >= 4 is 39.3 Å². The molecule has 156 valence electrons. The van der Waals surface area contributed by atoms with Crippen LogP contribution in [0, 0.1) is 0 Å². The van der Waals surface area contributed by atoms with Gasteiger partial charge in [-0.2, -0.15) is 0 Å². The first-order chi connectivity index (χ1) is 13.9. The van der Waals surface area contributed by atoms with Gasteiger partial charge >= 0.3 is 0 Å². The molecule has 1 aromatic carbocycles. The van der Waals surface area contributed by atoms with Gasteiger partial charge in [0.15, 0.2) is 11.6 Å². The van der Waals surface area contributed by atoms with E-state index < -0.39 is 6.23 Å². The summed E-state index contributed by atoms with van der Waals surface area (Å²) in [5, 5.41) is 0.680. The number of methoxy groups -OCH3 is 1. The first-order valence-corrected chi connectivity index (χ1v) is 10.8. The molecule has 29 heavy (non-hydrogen) atoms. The zero-order chi connectivity index (χ0) is 21.0. The topological polar surface area (TPSA) is 84.0 Å². The van der Waals surface area contributed by atoms with Crippen molar-refractivity contribution in [1.82, 2.24) is 9.80 Å². The van der Waals surface area contributed by atoms with Gasteiger partial charge in [0.1, 0.15) is 6.23 Å². The lowest BCUT2D eigenvalue weighted by molar-refractivity contribution is -0.139. The number of rotatable bonds is 9. The predicted octanol–water partition coefficient (Wildman–Crippen LogP) is 2.02. The van der Waals surface area contributed by atoms with E-state index >= 15 is 0 Å². The van der Waals surface area contributed by atoms with Crippen molar-refractivity contribution in [1.29, 1.82) is 0 Å². The predicted molar refractivity (Wildman–Crippen MR) is 109 cm³/mol. The SMILES string of the molecule is COC(CC(CCN1CC(=O)CC1=O)c1ccccc1CBr)N1CC(=O)CC1=O. The summed E-state index contributed by atoms with van der Waals surface area (Å²) in [5.41, 5.74) is 2.24. The molecule has 0 radical (unpaired) electrons. The summed E-state index contributed by atoms with van der Waals surface area (Å²) in [4.78, 5) is 50.6. The number of halogens is 1. The molecule has 1 aromatic rings. The molecular weight excluding hydrogens is 440 g/mol. The summed E-state index contributed by atoms with van der Waals surface area (Å²) in [7, 11) is 1.54. The Morgan fingerprint density at radius 2 is 1.72 bits per heavy atom. The second-order valence-corrected chi connectivity index (χ2v) is 8.07. The Labute approximate surface area is 178 Å². The summed E-state index contributed by atoms with van der Waals surface area (Å²) in [6.45, 7) is 0.705. The van der Waals surface area contributed by atoms with Crippen LogP contribution in [0.1, 0.15) is 42.7 Å². The number of nitrogens with zero attached hydrogens (tertiary/aromatic N) is 2. The fourth-order valence-electron chi connectivity index (χ4n) is 4.07. The molecule has 8 heteroatoms. The van der Waals surface area contributed by atoms with Crippen molar-refractivity contribution in [3.8, 4) is 0 Å². The summed E-state index contributed by atoms with van der Waals surface area (Å²) in [5.74, 6) is -0.500. The van der Waals surface area contributed by atoms with Crippen LogP contribution in [0.2, 0.25) is 0 Å². The van der Waals surface area contributed by atoms with Gasteiger partial charge in [-0.3, -0.25) is 19.2 Å². The van der Waals surface area contributed by atoms with E-state index in [4.69, 9.17) is 4.74 Å². The Bertz CT molecular complexity index is 812. The normalized spacial score (nSPS) is 19.4. The highest BCUT2D eigenvalue weighted by Gasteiger charge is 2.35. The number of alkyl halides is 1. The molecule has 2 amide bonds. The molecule has 2 aliphatic rings. The lowest BCUT2D eigenvalue weighted by Crippen LogP contribution is -2.39. The first kappa shape index (κ1) is 21.6. The summed E-state index contributed by atoms with van der Waals surface area (Å²) < 4.78 is 5.59. The summed E-state index contributed by atoms with van der Waals surface area (Å²) in [6, 6.07) is 8.01. The van der Waals surface area contributed by atoms with Crippen molar-refractivity contribution in [3.05, 3.63) is 35.4 Å². The van der Waals surface area contributed by atoms with Gasteiger partial charge in [0.2, 0.25) is 11.8 Å². The molecule has 2 fully saturated rings. The molecule has 2 heterocycles. The van der Waals surface area contributed by atoms with Gasteiger partial charge in [-0.25, -0.2) is 0 Å². The Hall–Kier alpha value is -2.06. The Morgan fingerprint density at radius 1 is 1.03 bits per heavy atom. The lowest BCUT2D eigenvalue weighted by Gasteiger charge is -2.31. The molecule has 3 rings (SSSR count). The largest absolute Gasteiger partial charge is 0.361 e. The smallest absolute Gasteiger partial charge is 0.232 e. The van der Waals surface area contributed by atoms with Crippen LogP contribution >= 0.6 is 15.9 Å². The van der Waals surface area contributed by atoms with Crippen molar-refractivity contribution in [3.63, 3.8) is 0 Å². The molecule has 0 saturated carbocycles. The van der Waals surface area contributed by atoms with E-state index in [1.807, 2.05) is 24.3 Å². The van der Waals surface area contributed by atoms with Crippen molar-refractivity contribution in [2.45, 2.75) is 43.2 Å². The van der Waals surface area contributed by atoms with E-state index in [2.05, 4.69) is 15.9 Å². The van der Waals surface area contributed by atoms with Crippen LogP contribution in [0.25, 0.3) is 0 Å². The number of likely N-dealkylation sites (tertiary alicyclic amines) is 2. The van der Waals surface area contributed by atoms with Crippen LogP contribution in [0.3, 0.4) is 0 Å². The van der Waals surface area contributed by atoms with Crippen molar-refractivity contribution in [2.75, 3.05) is 26.7 Å². The van der Waals surface area contributed by atoms with Crippen LogP contribution in [-0.4, -0.2) is 66.2 Å². The average molecular weight is 465 g/mol. The van der Waals surface area contributed by atoms with E-state index in [1.165, 1.54) is 12.0 Å². The number of carbonyl (C=O) groups is 4. The first-order valence-electron chi connectivity index (χ1n) is 9.70. The minimum Gasteiger partial charge on any atom is -0.361 e. The van der Waals surface area contributed by atoms with E-state index in [-0.39, 0.29) is 55.2 Å². The number of amides is 2. The van der Waals surface area contributed by atoms with Gasteiger partial charge in [0.05, 0.1) is 25.9 Å². The molecule has 2 aliphatic heterocycles. The van der Waals surface area contributed by atoms with Crippen LogP contribution in [0.5, 0.6) is 0 Å². The Morgan fingerprint density at radius 3 is 2.31 bits per heavy atom. The number of hydrogen-bond acceptors (Lipinski definition) is 5. The average Bonchev–Trinajstić information content (AvgIpc) is 3.21. The number of ether oxygens (including phenoxy) is 1. The fraction of sp³-hybridized carbons (Fsp3) is 0.524. The van der Waals surface area contributed by atoms with Gasteiger partial charge in [0, 0.05) is 19.0 Å². The van der Waals surface area contributed by atoms with Crippen LogP contribution in [-0.2, 0) is 29.2 Å². The molecule has 0 aromatic heterocycles. The highest BCUT2D eigenvalue weighted by molar-refractivity contribution is 9.08. The van der Waals surface area contributed by atoms with E-state index in [1.54, 1.807) is 4.90 Å². The Kier molecular flexibility index (Phi) is 7.18. The van der Waals surface area contributed by atoms with E-state index in [0.717, 1.165) is 11.1 Å². The number of benzene rings is 1. The molecular formula is C21H25BrN2O5. The zero-order valence-electron chi connectivity index (χ0n) is 16.4. The monoisotopic (exact) mass is 464 g/mol. The van der Waals surface area contributed by atoms with E-state index in [0.29, 0.717) is 24.7 Å². The standard InChI is InChI=1S/C21H25BrN2O5/c1-29-21(24-13-17(26)10-20(24)28)8-14(18-5-3-2-4-15(18)11-22)6-7-23-12-16(25)9-19(23)27/h2-5,14,21H,6-13H2,1H3. The van der Waals surface area contributed by atoms with Gasteiger partial charge in [0.25, 0.3) is 0 Å². The lowest BCUT2D eigenvalue weighted by atomic mass is 9.88. The molecule has 2 atom stereocenters. The molecule has 2 unspecified atom stereocenters. The molecule has 0 bridgehead atoms. The number of hydrogen-bond donors (Lipinski definition) is 0. The van der Waals surface area contributed by atoms with Crippen LogP contribution in [0.4, 0.5) is 0 Å².